The number of ether oxygens (including phenoxy) is 1. The highest BCUT2D eigenvalue weighted by Gasteiger charge is 2.28. The van der Waals surface area contributed by atoms with Crippen molar-refractivity contribution in [3.8, 4) is 5.75 Å². The molecule has 0 saturated heterocycles. The Morgan fingerprint density at radius 1 is 0.600 bits per heavy atom. The van der Waals surface area contributed by atoms with Crippen LogP contribution in [-0.2, 0) is 0 Å². The third kappa shape index (κ3) is 6.42. The van der Waals surface area contributed by atoms with E-state index in [1.807, 2.05) is 30.3 Å². The number of hydrogen-bond acceptors (Lipinski definition) is 3. The van der Waals surface area contributed by atoms with Gasteiger partial charge < -0.3 is 14.7 Å². The highest BCUT2D eigenvalue weighted by molar-refractivity contribution is 7.74. The molecule has 200 valence electrons. The monoisotopic (exact) mass is 563 g/mol. The lowest BCUT2D eigenvalue weighted by molar-refractivity contribution is 0.0697. The maximum Gasteiger partial charge on any atom is 0.337 e. The third-order valence-corrected chi connectivity index (χ3v) is 11.6. The lowest BCUT2D eigenvalue weighted by Gasteiger charge is -2.35. The smallest absolute Gasteiger partial charge is 0.337 e. The van der Waals surface area contributed by atoms with Crippen LogP contribution in [0.4, 0.5) is 5.69 Å². The van der Waals surface area contributed by atoms with Gasteiger partial charge in [-0.1, -0.05) is 127 Å². The van der Waals surface area contributed by atoms with Gasteiger partial charge in [0.25, 0.3) is 0 Å². The molecule has 0 amide bonds. The summed E-state index contributed by atoms with van der Waals surface area (Å²) in [7, 11) is -0.0788. The van der Waals surface area contributed by atoms with Crippen molar-refractivity contribution in [1.29, 1.82) is 0 Å². The molecule has 0 aliphatic carbocycles. The minimum atomic E-state index is -0.966. The van der Waals surface area contributed by atoms with Crippen LogP contribution in [0, 0.1) is 0 Å². The molecule has 0 spiro atoms. The molecule has 5 aromatic carbocycles. The Kier molecular flexibility index (Phi) is 9.24. The van der Waals surface area contributed by atoms with Gasteiger partial charge in [-0.15, -0.1) is 0 Å². The first-order chi connectivity index (χ1) is 19.7. The lowest BCUT2D eigenvalue weighted by atomic mass is 10.1. The summed E-state index contributed by atoms with van der Waals surface area (Å²) in [6.45, 7) is 0. The fourth-order valence-electron chi connectivity index (χ4n) is 4.77. The highest BCUT2D eigenvalue weighted by Crippen LogP contribution is 2.44. The van der Waals surface area contributed by atoms with Crippen molar-refractivity contribution in [3.05, 3.63) is 145 Å². The van der Waals surface area contributed by atoms with Gasteiger partial charge in [0, 0.05) is 12.6 Å². The number of anilines is 1. The number of hydrogen-bond donors (Lipinski definition) is 1. The number of para-hydroxylation sites is 1. The Bertz CT molecular complexity index is 1350. The molecule has 0 fully saturated rings. The van der Waals surface area contributed by atoms with Crippen LogP contribution in [0.15, 0.2) is 140 Å². The number of carbonyl (C=O) groups is 1. The predicted molar refractivity (Wildman–Crippen MR) is 170 cm³/mol. The van der Waals surface area contributed by atoms with E-state index in [4.69, 9.17) is 4.74 Å². The normalized spacial score (nSPS) is 11.0. The molecule has 5 aromatic rings. The van der Waals surface area contributed by atoms with Crippen molar-refractivity contribution in [2.24, 2.45) is 0 Å². The van der Waals surface area contributed by atoms with Crippen LogP contribution >= 0.6 is 15.8 Å². The Labute approximate surface area is 238 Å². The zero-order valence-electron chi connectivity index (χ0n) is 22.3. The zero-order chi connectivity index (χ0) is 27.7. The number of aromatic carboxylic acids is 1. The van der Waals surface area contributed by atoms with Crippen molar-refractivity contribution >= 4 is 48.7 Å². The van der Waals surface area contributed by atoms with Crippen LogP contribution < -0.4 is 30.9 Å². The van der Waals surface area contributed by atoms with Crippen molar-refractivity contribution in [3.63, 3.8) is 0 Å². The van der Waals surface area contributed by atoms with Crippen LogP contribution in [0.3, 0.4) is 0 Å². The fraction of sp³-hybridized carbons (Fsp3) is 0.0882. The van der Waals surface area contributed by atoms with Crippen molar-refractivity contribution < 1.29 is 14.6 Å². The molecule has 40 heavy (non-hydrogen) atoms. The standard InChI is InChI=1S/C34H31NO3P2/c1-38-32-24-14-23-31(34(36)37)33(32)35(25-39(27-15-6-2-7-16-27)28-17-8-3-9-18-28)26-40(29-19-10-4-11-20-29)30-21-12-5-13-22-30/h2-24H,25-26H2,1H3,(H,36,37). The summed E-state index contributed by atoms with van der Waals surface area (Å²) in [5.74, 6) is -0.404. The Morgan fingerprint density at radius 2 is 0.975 bits per heavy atom. The van der Waals surface area contributed by atoms with E-state index in [0.717, 1.165) is 0 Å². The van der Waals surface area contributed by atoms with Gasteiger partial charge in [0.1, 0.15) is 5.75 Å². The minimum absolute atomic E-state index is 0.242. The van der Waals surface area contributed by atoms with Crippen molar-refractivity contribution in [1.82, 2.24) is 0 Å². The van der Waals surface area contributed by atoms with Gasteiger partial charge in [-0.25, -0.2) is 4.79 Å². The van der Waals surface area contributed by atoms with E-state index in [0.29, 0.717) is 24.0 Å². The molecule has 0 radical (unpaired) electrons. The average Bonchev–Trinajstić information content (AvgIpc) is 3.02. The Balaban J connectivity index is 1.68. The van der Waals surface area contributed by atoms with E-state index in [1.165, 1.54) is 21.2 Å². The molecular formula is C34H31NO3P2. The summed E-state index contributed by atoms with van der Waals surface area (Å²) in [6, 6.07) is 47.4. The van der Waals surface area contributed by atoms with Crippen LogP contribution in [0.1, 0.15) is 10.4 Å². The molecule has 1 N–H and O–H groups in total. The summed E-state index contributed by atoms with van der Waals surface area (Å²) in [6.07, 6.45) is 1.28. The number of carboxylic acids is 1. The van der Waals surface area contributed by atoms with E-state index in [2.05, 4.69) is 102 Å². The third-order valence-electron chi connectivity index (χ3n) is 6.66. The van der Waals surface area contributed by atoms with Crippen LogP contribution in [0.25, 0.3) is 0 Å². The second-order valence-corrected chi connectivity index (χ2v) is 13.5. The second kappa shape index (κ2) is 13.4. The zero-order valence-corrected chi connectivity index (χ0v) is 24.1. The molecule has 0 aromatic heterocycles. The molecule has 0 aliphatic rings. The maximum absolute atomic E-state index is 12.6. The van der Waals surface area contributed by atoms with Gasteiger partial charge in [-0.05, 0) is 49.2 Å². The van der Waals surface area contributed by atoms with E-state index >= 15 is 0 Å². The van der Waals surface area contributed by atoms with E-state index in [9.17, 15) is 9.90 Å². The molecular weight excluding hydrogens is 532 g/mol. The summed E-state index contributed by atoms with van der Waals surface area (Å²) in [5.41, 5.74) is 0.864. The summed E-state index contributed by atoms with van der Waals surface area (Å²) in [4.78, 5) is 14.8. The molecule has 4 nitrogen and oxygen atoms in total. The topological polar surface area (TPSA) is 49.8 Å². The Hall–Kier alpha value is -3.97. The number of rotatable bonds is 11. The molecule has 0 aliphatic heterocycles. The van der Waals surface area contributed by atoms with Gasteiger partial charge in [0.2, 0.25) is 0 Å². The van der Waals surface area contributed by atoms with Gasteiger partial charge in [-0.2, -0.15) is 0 Å². The van der Waals surface area contributed by atoms with Crippen molar-refractivity contribution in [2.45, 2.75) is 0 Å². The predicted octanol–water partition coefficient (Wildman–Crippen LogP) is 6.38. The molecule has 0 atom stereocenters. The van der Waals surface area contributed by atoms with Gasteiger partial charge in [-0.3, -0.25) is 0 Å². The number of nitrogens with zero attached hydrogens (tertiary/aromatic N) is 1. The largest absolute Gasteiger partial charge is 0.495 e. The number of carboxylic acid groups (broad SMARTS) is 1. The van der Waals surface area contributed by atoms with Crippen LogP contribution in [0.5, 0.6) is 5.75 Å². The summed E-state index contributed by atoms with van der Waals surface area (Å²) < 4.78 is 5.81. The van der Waals surface area contributed by atoms with Gasteiger partial charge in [0.15, 0.2) is 0 Å². The Morgan fingerprint density at radius 3 is 1.30 bits per heavy atom. The number of benzene rings is 5. The number of methoxy groups -OCH3 is 1. The van der Waals surface area contributed by atoms with Gasteiger partial charge >= 0.3 is 5.97 Å². The van der Waals surface area contributed by atoms with E-state index in [-0.39, 0.29) is 5.56 Å². The van der Waals surface area contributed by atoms with E-state index in [1.54, 1.807) is 19.2 Å². The minimum Gasteiger partial charge on any atom is -0.495 e. The average molecular weight is 564 g/mol. The van der Waals surface area contributed by atoms with Crippen molar-refractivity contribution in [2.75, 3.05) is 24.6 Å². The first-order valence-corrected chi connectivity index (χ1v) is 16.1. The van der Waals surface area contributed by atoms with Crippen LogP contribution in [-0.4, -0.2) is 30.8 Å². The quantitative estimate of drug-likeness (QED) is 0.190. The van der Waals surface area contributed by atoms with Gasteiger partial charge in [0.05, 0.1) is 18.4 Å². The molecule has 0 bridgehead atoms. The van der Waals surface area contributed by atoms with Crippen LogP contribution in [0.2, 0.25) is 0 Å². The molecule has 0 heterocycles. The SMILES string of the molecule is COc1cccc(C(=O)O)c1N(CP(c1ccccc1)c1ccccc1)CP(c1ccccc1)c1ccccc1. The second-order valence-electron chi connectivity index (χ2n) is 9.18. The first-order valence-electron chi connectivity index (χ1n) is 13.1. The summed E-state index contributed by atoms with van der Waals surface area (Å²) >= 11 is 0. The first kappa shape index (κ1) is 27.6. The molecule has 0 saturated carbocycles. The molecule has 6 heteroatoms. The lowest BCUT2D eigenvalue weighted by Crippen LogP contribution is -2.33. The maximum atomic E-state index is 12.6. The highest BCUT2D eigenvalue weighted by atomic mass is 31.1. The molecule has 0 unspecified atom stereocenters. The molecule has 5 rings (SSSR count). The fourth-order valence-corrected chi connectivity index (χ4v) is 9.47. The van der Waals surface area contributed by atoms with E-state index < -0.39 is 21.8 Å². The summed E-state index contributed by atoms with van der Waals surface area (Å²) in [5, 5.41) is 15.3.